The number of benzene rings is 2. The molecule has 1 amide bonds. The molecule has 1 fully saturated rings. The van der Waals surface area contributed by atoms with Crippen LogP contribution in [-0.2, 0) is 10.3 Å². The molecule has 4 heteroatoms. The van der Waals surface area contributed by atoms with Crippen LogP contribution in [0.2, 0.25) is 0 Å². The number of nitrogens with zero attached hydrogens (tertiary/aromatic N) is 2. The Balaban J connectivity index is 1.66. The summed E-state index contributed by atoms with van der Waals surface area (Å²) >= 11 is 0. The Morgan fingerprint density at radius 1 is 1.00 bits per heavy atom. The third-order valence-corrected chi connectivity index (χ3v) is 6.24. The van der Waals surface area contributed by atoms with Gasteiger partial charge in [-0.3, -0.25) is 9.69 Å². The van der Waals surface area contributed by atoms with E-state index in [9.17, 15) is 4.79 Å². The largest absolute Gasteiger partial charge is 0.321 e. The Kier molecular flexibility index (Phi) is 4.37. The van der Waals surface area contributed by atoms with E-state index in [0.717, 1.165) is 52.9 Å². The first kappa shape index (κ1) is 18.5. The van der Waals surface area contributed by atoms with Crippen LogP contribution in [0.3, 0.4) is 0 Å². The number of fused-ring (bicyclic) bond motifs is 1. The van der Waals surface area contributed by atoms with Crippen molar-refractivity contribution in [3.05, 3.63) is 90.3 Å². The van der Waals surface area contributed by atoms with Crippen molar-refractivity contribution in [2.24, 2.45) is 5.73 Å². The monoisotopic (exact) mass is 393 g/mol. The first-order chi connectivity index (χ1) is 14.6. The van der Waals surface area contributed by atoms with Crippen molar-refractivity contribution in [3.8, 4) is 22.4 Å². The van der Waals surface area contributed by atoms with Crippen LogP contribution in [0.1, 0.15) is 36.1 Å². The molecule has 0 spiro atoms. The molecule has 1 saturated carbocycles. The molecule has 30 heavy (non-hydrogen) atoms. The molecule has 0 bridgehead atoms. The standard InChI is InChI=1S/C26H23N3O/c1-18-22-16-23(19-6-3-2-4-7-19)25(28-24(22)12-15-29(18)17-30)20-8-10-21(11-9-20)26(27)13-5-14-26/h2-4,6-12,15-17H,1,5,13-14,27H2. The van der Waals surface area contributed by atoms with Crippen LogP contribution < -0.4 is 5.73 Å². The lowest BCUT2D eigenvalue weighted by atomic mass is 9.72. The highest BCUT2D eigenvalue weighted by Crippen LogP contribution is 2.40. The van der Waals surface area contributed by atoms with Gasteiger partial charge in [-0.25, -0.2) is 4.98 Å². The zero-order valence-corrected chi connectivity index (χ0v) is 16.7. The number of hydrogen-bond acceptors (Lipinski definition) is 3. The quantitative estimate of drug-likeness (QED) is 0.622. The number of rotatable bonds is 4. The first-order valence-electron chi connectivity index (χ1n) is 10.2. The molecule has 1 aliphatic carbocycles. The average molecular weight is 393 g/mol. The summed E-state index contributed by atoms with van der Waals surface area (Å²) in [5, 5.41) is 0. The Hall–Kier alpha value is -3.50. The van der Waals surface area contributed by atoms with Gasteiger partial charge in [0.15, 0.2) is 0 Å². The summed E-state index contributed by atoms with van der Waals surface area (Å²) in [7, 11) is 0. The minimum absolute atomic E-state index is 0.178. The van der Waals surface area contributed by atoms with E-state index in [0.29, 0.717) is 5.70 Å². The van der Waals surface area contributed by atoms with Gasteiger partial charge in [-0.15, -0.1) is 0 Å². The summed E-state index contributed by atoms with van der Waals surface area (Å²) < 4.78 is 0. The van der Waals surface area contributed by atoms with Gasteiger partial charge in [0.05, 0.1) is 17.1 Å². The summed E-state index contributed by atoms with van der Waals surface area (Å²) in [5.41, 5.74) is 13.8. The second-order valence-electron chi connectivity index (χ2n) is 8.05. The molecule has 2 aliphatic rings. The Labute approximate surface area is 176 Å². The lowest BCUT2D eigenvalue weighted by Crippen LogP contribution is -2.43. The number of amides is 1. The van der Waals surface area contributed by atoms with Crippen molar-refractivity contribution in [2.75, 3.05) is 0 Å². The molecule has 4 nitrogen and oxygen atoms in total. The van der Waals surface area contributed by atoms with E-state index in [1.165, 1.54) is 16.9 Å². The van der Waals surface area contributed by atoms with Crippen molar-refractivity contribution in [1.29, 1.82) is 0 Å². The Morgan fingerprint density at radius 2 is 1.73 bits per heavy atom. The minimum atomic E-state index is -0.178. The summed E-state index contributed by atoms with van der Waals surface area (Å²) in [5.74, 6) is 0. The highest BCUT2D eigenvalue weighted by Gasteiger charge is 2.34. The fourth-order valence-corrected chi connectivity index (χ4v) is 4.23. The highest BCUT2D eigenvalue weighted by atomic mass is 16.1. The molecule has 3 aromatic rings. The van der Waals surface area contributed by atoms with Crippen molar-refractivity contribution >= 4 is 18.2 Å². The van der Waals surface area contributed by atoms with Crippen LogP contribution in [-0.4, -0.2) is 16.3 Å². The number of pyridine rings is 1. The zero-order chi connectivity index (χ0) is 20.7. The maximum Gasteiger partial charge on any atom is 0.218 e. The van der Waals surface area contributed by atoms with Gasteiger partial charge in [0.1, 0.15) is 0 Å². The van der Waals surface area contributed by atoms with Gasteiger partial charge >= 0.3 is 0 Å². The van der Waals surface area contributed by atoms with Gasteiger partial charge < -0.3 is 5.73 Å². The van der Waals surface area contributed by atoms with Crippen LogP contribution in [0.25, 0.3) is 34.2 Å². The van der Waals surface area contributed by atoms with Gasteiger partial charge in [0.2, 0.25) is 6.41 Å². The number of carbonyl (C=O) groups excluding carboxylic acids is 1. The summed E-state index contributed by atoms with van der Waals surface area (Å²) in [6, 6.07) is 20.8. The van der Waals surface area contributed by atoms with Crippen molar-refractivity contribution in [3.63, 3.8) is 0 Å². The van der Waals surface area contributed by atoms with E-state index in [-0.39, 0.29) is 5.54 Å². The zero-order valence-electron chi connectivity index (χ0n) is 16.7. The highest BCUT2D eigenvalue weighted by molar-refractivity contribution is 5.89. The Bertz CT molecular complexity index is 1160. The van der Waals surface area contributed by atoms with E-state index < -0.39 is 0 Å². The van der Waals surface area contributed by atoms with Crippen LogP contribution in [0.4, 0.5) is 0 Å². The third kappa shape index (κ3) is 2.97. The van der Waals surface area contributed by atoms with Crippen molar-refractivity contribution in [1.82, 2.24) is 9.88 Å². The predicted octanol–water partition coefficient (Wildman–Crippen LogP) is 5.17. The fraction of sp³-hybridized carbons (Fsp3) is 0.154. The van der Waals surface area contributed by atoms with Crippen LogP contribution in [0.5, 0.6) is 0 Å². The molecular weight excluding hydrogens is 370 g/mol. The predicted molar refractivity (Wildman–Crippen MR) is 121 cm³/mol. The number of hydrogen-bond donors (Lipinski definition) is 1. The second kappa shape index (κ2) is 7.08. The molecule has 2 aromatic carbocycles. The van der Waals surface area contributed by atoms with Gasteiger partial charge in [0.25, 0.3) is 0 Å². The number of nitrogens with two attached hydrogens (primary N) is 1. The SMILES string of the molecule is C=C1c2cc(-c3ccccc3)c(-c3ccc(C4(N)CCC4)cc3)nc2C=CN1C=O. The van der Waals surface area contributed by atoms with Gasteiger partial charge in [-0.2, -0.15) is 0 Å². The fourth-order valence-electron chi connectivity index (χ4n) is 4.23. The van der Waals surface area contributed by atoms with E-state index in [2.05, 4.69) is 49.0 Å². The summed E-state index contributed by atoms with van der Waals surface area (Å²) in [6.07, 6.45) is 7.59. The lowest BCUT2D eigenvalue weighted by molar-refractivity contribution is -0.113. The minimum Gasteiger partial charge on any atom is -0.321 e. The van der Waals surface area contributed by atoms with Gasteiger partial charge in [-0.05, 0) is 42.5 Å². The molecule has 1 aliphatic heterocycles. The second-order valence-corrected chi connectivity index (χ2v) is 8.05. The smallest absolute Gasteiger partial charge is 0.218 e. The molecule has 1 aromatic heterocycles. The van der Waals surface area contributed by atoms with E-state index in [1.54, 1.807) is 6.20 Å². The van der Waals surface area contributed by atoms with Gasteiger partial charge in [0, 0.05) is 28.4 Å². The topological polar surface area (TPSA) is 59.2 Å². The molecule has 2 N–H and O–H groups in total. The molecule has 5 rings (SSSR count). The lowest BCUT2D eigenvalue weighted by Gasteiger charge is -2.38. The van der Waals surface area contributed by atoms with Crippen LogP contribution in [0.15, 0.2) is 73.4 Å². The molecule has 0 atom stereocenters. The Morgan fingerprint density at radius 3 is 2.37 bits per heavy atom. The van der Waals surface area contributed by atoms with Crippen LogP contribution in [0, 0.1) is 0 Å². The molecule has 0 saturated heterocycles. The molecular formula is C26H23N3O. The normalized spacial score (nSPS) is 16.7. The number of carbonyl (C=O) groups is 1. The molecule has 0 radical (unpaired) electrons. The summed E-state index contributed by atoms with van der Waals surface area (Å²) in [4.78, 5) is 17.8. The average Bonchev–Trinajstić information content (AvgIpc) is 2.78. The molecule has 2 heterocycles. The number of aromatic nitrogens is 1. The molecule has 0 unspecified atom stereocenters. The van der Waals surface area contributed by atoms with E-state index in [1.807, 2.05) is 24.3 Å². The summed E-state index contributed by atoms with van der Waals surface area (Å²) in [6.45, 7) is 4.09. The maximum atomic E-state index is 11.3. The van der Waals surface area contributed by atoms with E-state index >= 15 is 0 Å². The van der Waals surface area contributed by atoms with Gasteiger partial charge in [-0.1, -0.05) is 61.2 Å². The van der Waals surface area contributed by atoms with Crippen molar-refractivity contribution < 1.29 is 4.79 Å². The third-order valence-electron chi connectivity index (χ3n) is 6.24. The molecule has 148 valence electrons. The maximum absolute atomic E-state index is 11.3. The van der Waals surface area contributed by atoms with Crippen molar-refractivity contribution in [2.45, 2.75) is 24.8 Å². The van der Waals surface area contributed by atoms with E-state index in [4.69, 9.17) is 10.7 Å². The first-order valence-corrected chi connectivity index (χ1v) is 10.2. The van der Waals surface area contributed by atoms with Crippen LogP contribution >= 0.6 is 0 Å².